The van der Waals surface area contributed by atoms with Gasteiger partial charge in [0.05, 0.1) is 24.0 Å². The molecule has 0 aromatic carbocycles. The van der Waals surface area contributed by atoms with Crippen LogP contribution in [0.25, 0.3) is 0 Å². The van der Waals surface area contributed by atoms with Gasteiger partial charge in [-0.2, -0.15) is 0 Å². The predicted octanol–water partition coefficient (Wildman–Crippen LogP) is 0.561. The van der Waals surface area contributed by atoms with Gasteiger partial charge in [0.1, 0.15) is 4.88 Å². The van der Waals surface area contributed by atoms with Gasteiger partial charge in [0.2, 0.25) is 0 Å². The fourth-order valence-electron chi connectivity index (χ4n) is 1.23. The highest BCUT2D eigenvalue weighted by molar-refractivity contribution is 7.07. The summed E-state index contributed by atoms with van der Waals surface area (Å²) < 4.78 is 3.57. The van der Waals surface area contributed by atoms with E-state index in [2.05, 4.69) is 19.9 Å². The van der Waals surface area contributed by atoms with Gasteiger partial charge in [0, 0.05) is 6.20 Å². The number of carboxylic acid groups (broad SMARTS) is 1. The van der Waals surface area contributed by atoms with Crippen LogP contribution in [0.5, 0.6) is 0 Å². The summed E-state index contributed by atoms with van der Waals surface area (Å²) in [5.74, 6) is -1.34. The lowest BCUT2D eigenvalue weighted by molar-refractivity contribution is 0.0696. The molecule has 0 spiro atoms. The molecular weight excluding hydrogens is 256 g/mol. The molecule has 7 nitrogen and oxygen atoms in total. The van der Waals surface area contributed by atoms with Crippen molar-refractivity contribution in [3.05, 3.63) is 40.7 Å². The van der Waals surface area contributed by atoms with Gasteiger partial charge in [-0.15, -0.1) is 5.10 Å². The Bertz CT molecular complexity index is 570. The van der Waals surface area contributed by atoms with Crippen LogP contribution in [0.2, 0.25) is 0 Å². The fraction of sp³-hybridized carbons (Fsp3) is 0.100. The Morgan fingerprint density at radius 3 is 2.94 bits per heavy atom. The average Bonchev–Trinajstić information content (AvgIpc) is 2.90. The molecule has 2 aromatic rings. The normalized spacial score (nSPS) is 10.0. The lowest BCUT2D eigenvalue weighted by Gasteiger charge is -2.03. The topological polar surface area (TPSA) is 105 Å². The van der Waals surface area contributed by atoms with E-state index in [1.54, 1.807) is 0 Å². The van der Waals surface area contributed by atoms with E-state index in [9.17, 15) is 9.59 Å². The Kier molecular flexibility index (Phi) is 3.58. The van der Waals surface area contributed by atoms with Crippen LogP contribution in [0.15, 0.2) is 24.5 Å². The van der Waals surface area contributed by atoms with Gasteiger partial charge in [-0.05, 0) is 23.7 Å². The van der Waals surface area contributed by atoms with Crippen molar-refractivity contribution in [2.75, 3.05) is 0 Å². The molecule has 0 radical (unpaired) electrons. The third kappa shape index (κ3) is 2.86. The number of carbonyl (C=O) groups is 2. The molecule has 0 saturated carbocycles. The van der Waals surface area contributed by atoms with Crippen LogP contribution in [-0.2, 0) is 6.54 Å². The largest absolute Gasteiger partial charge is 0.478 e. The van der Waals surface area contributed by atoms with Crippen molar-refractivity contribution >= 4 is 23.4 Å². The highest BCUT2D eigenvalue weighted by Crippen LogP contribution is 2.04. The average molecular weight is 264 g/mol. The lowest BCUT2D eigenvalue weighted by Crippen LogP contribution is -2.22. The minimum atomic E-state index is -1.03. The summed E-state index contributed by atoms with van der Waals surface area (Å²) in [5.41, 5.74) is 0.606. The summed E-state index contributed by atoms with van der Waals surface area (Å²) in [6, 6.07) is 2.80. The minimum absolute atomic E-state index is 0.133. The molecule has 2 N–H and O–H groups in total. The second-order valence-electron chi connectivity index (χ2n) is 3.31. The van der Waals surface area contributed by atoms with Gasteiger partial charge in [0.25, 0.3) is 5.91 Å². The first-order chi connectivity index (χ1) is 8.66. The van der Waals surface area contributed by atoms with E-state index in [0.29, 0.717) is 10.6 Å². The van der Waals surface area contributed by atoms with Crippen LogP contribution in [0, 0.1) is 0 Å². The van der Waals surface area contributed by atoms with E-state index in [-0.39, 0.29) is 18.0 Å². The lowest BCUT2D eigenvalue weighted by atomic mass is 10.2. The summed E-state index contributed by atoms with van der Waals surface area (Å²) in [5, 5.41) is 15.0. The van der Waals surface area contributed by atoms with Crippen molar-refractivity contribution in [1.82, 2.24) is 19.9 Å². The maximum atomic E-state index is 11.6. The first-order valence-electron chi connectivity index (χ1n) is 4.90. The van der Waals surface area contributed by atoms with Crippen molar-refractivity contribution in [3.8, 4) is 0 Å². The molecule has 0 aliphatic carbocycles. The Labute approximate surface area is 106 Å². The van der Waals surface area contributed by atoms with Gasteiger partial charge in [-0.3, -0.25) is 9.78 Å². The number of carbonyl (C=O) groups excluding carboxylic acids is 1. The second-order valence-corrected chi connectivity index (χ2v) is 4.09. The Morgan fingerprint density at radius 1 is 1.44 bits per heavy atom. The number of rotatable bonds is 4. The standard InChI is InChI=1S/C10H8N4O3S/c15-9(8-5-13-14-18-8)12-4-7-3-6(10(16)17)1-2-11-7/h1-3,5H,4H2,(H,12,15)(H,16,17). The molecule has 0 atom stereocenters. The highest BCUT2D eigenvalue weighted by atomic mass is 32.1. The predicted molar refractivity (Wildman–Crippen MR) is 62.3 cm³/mol. The monoisotopic (exact) mass is 264 g/mol. The summed E-state index contributed by atoms with van der Waals surface area (Å²) in [4.78, 5) is 26.7. The molecule has 0 bridgehead atoms. The van der Waals surface area contributed by atoms with Gasteiger partial charge < -0.3 is 10.4 Å². The molecule has 0 aliphatic heterocycles. The second kappa shape index (κ2) is 5.32. The number of pyridine rings is 1. The Hall–Kier alpha value is -2.35. The SMILES string of the molecule is O=C(O)c1ccnc(CNC(=O)c2cnns2)c1. The van der Waals surface area contributed by atoms with Crippen LogP contribution in [0.1, 0.15) is 25.7 Å². The van der Waals surface area contributed by atoms with Crippen LogP contribution >= 0.6 is 11.5 Å². The maximum absolute atomic E-state index is 11.6. The number of nitrogens with one attached hydrogen (secondary N) is 1. The van der Waals surface area contributed by atoms with Crippen molar-refractivity contribution < 1.29 is 14.7 Å². The third-order valence-corrected chi connectivity index (χ3v) is 2.74. The Balaban J connectivity index is 2.00. The number of carboxylic acids is 1. The third-order valence-electron chi connectivity index (χ3n) is 2.08. The van der Waals surface area contributed by atoms with E-state index >= 15 is 0 Å². The zero-order chi connectivity index (χ0) is 13.0. The van der Waals surface area contributed by atoms with Crippen molar-refractivity contribution in [3.63, 3.8) is 0 Å². The maximum Gasteiger partial charge on any atom is 0.335 e. The summed E-state index contributed by atoms with van der Waals surface area (Å²) >= 11 is 0.987. The van der Waals surface area contributed by atoms with E-state index < -0.39 is 5.97 Å². The van der Waals surface area contributed by atoms with Gasteiger partial charge in [-0.1, -0.05) is 4.49 Å². The molecule has 8 heteroatoms. The van der Waals surface area contributed by atoms with Crippen LogP contribution in [0.4, 0.5) is 0 Å². The molecule has 92 valence electrons. The van der Waals surface area contributed by atoms with Crippen LogP contribution in [0.3, 0.4) is 0 Å². The molecule has 2 rings (SSSR count). The first-order valence-corrected chi connectivity index (χ1v) is 5.68. The molecule has 1 amide bonds. The smallest absolute Gasteiger partial charge is 0.335 e. The number of hydrogen-bond donors (Lipinski definition) is 2. The number of hydrogen-bond acceptors (Lipinski definition) is 6. The number of nitrogens with zero attached hydrogens (tertiary/aromatic N) is 3. The van der Waals surface area contributed by atoms with E-state index in [1.165, 1.54) is 24.5 Å². The van der Waals surface area contributed by atoms with Gasteiger partial charge in [-0.25, -0.2) is 4.79 Å². The first kappa shape index (κ1) is 12.1. The molecular formula is C10H8N4O3S. The summed E-state index contributed by atoms with van der Waals surface area (Å²) in [7, 11) is 0. The van der Waals surface area contributed by atoms with E-state index in [0.717, 1.165) is 11.5 Å². The molecule has 2 heterocycles. The summed E-state index contributed by atoms with van der Waals surface area (Å²) in [6.07, 6.45) is 2.75. The van der Waals surface area contributed by atoms with Gasteiger partial charge >= 0.3 is 5.97 Å². The van der Waals surface area contributed by atoms with Gasteiger partial charge in [0.15, 0.2) is 0 Å². The Morgan fingerprint density at radius 2 is 2.28 bits per heavy atom. The van der Waals surface area contributed by atoms with E-state index in [4.69, 9.17) is 5.11 Å². The number of aromatic carboxylic acids is 1. The quantitative estimate of drug-likeness (QED) is 0.836. The molecule has 0 fully saturated rings. The number of amides is 1. The van der Waals surface area contributed by atoms with Crippen molar-refractivity contribution in [1.29, 1.82) is 0 Å². The van der Waals surface area contributed by atoms with E-state index in [1.807, 2.05) is 0 Å². The molecule has 0 aliphatic rings. The number of aromatic nitrogens is 3. The van der Waals surface area contributed by atoms with Crippen molar-refractivity contribution in [2.45, 2.75) is 6.54 Å². The van der Waals surface area contributed by atoms with Crippen LogP contribution < -0.4 is 5.32 Å². The minimum Gasteiger partial charge on any atom is -0.478 e. The molecule has 0 unspecified atom stereocenters. The zero-order valence-electron chi connectivity index (χ0n) is 9.03. The van der Waals surface area contributed by atoms with Crippen molar-refractivity contribution in [2.24, 2.45) is 0 Å². The molecule has 0 saturated heterocycles. The fourth-order valence-corrected chi connectivity index (χ4v) is 1.66. The van der Waals surface area contributed by atoms with Crippen LogP contribution in [-0.4, -0.2) is 31.6 Å². The zero-order valence-corrected chi connectivity index (χ0v) is 9.85. The molecule has 2 aromatic heterocycles. The summed E-state index contributed by atoms with van der Waals surface area (Å²) in [6.45, 7) is 0.151. The highest BCUT2D eigenvalue weighted by Gasteiger charge is 2.09. The molecule has 18 heavy (non-hydrogen) atoms.